The fourth-order valence-corrected chi connectivity index (χ4v) is 1.60. The van der Waals surface area contributed by atoms with Gasteiger partial charge in [0.25, 0.3) is 0 Å². The normalized spacial score (nSPS) is 14.5. The molecule has 0 saturated carbocycles. The minimum Gasteiger partial charge on any atom is -0.480 e. The standard InChI is InChI=1S/C12H20N4O3/c1-7(9-13-5-6-14-9)15-11(19)16-8(10(17)18)12(2,3)4/h5-8H,1-4H3,(H,13,14)(H,17,18)(H2,15,16,19)/t7?,8-/m1/s1. The molecule has 1 rings (SSSR count). The third-order valence-corrected chi connectivity index (χ3v) is 2.67. The van der Waals surface area contributed by atoms with Crippen LogP contribution in [0.4, 0.5) is 4.79 Å². The van der Waals surface area contributed by atoms with E-state index in [4.69, 9.17) is 5.11 Å². The molecular formula is C12H20N4O3. The second-order valence-corrected chi connectivity index (χ2v) is 5.45. The van der Waals surface area contributed by atoms with Crippen molar-refractivity contribution in [1.29, 1.82) is 0 Å². The summed E-state index contributed by atoms with van der Waals surface area (Å²) in [5, 5.41) is 14.2. The van der Waals surface area contributed by atoms with Crippen LogP contribution in [0.3, 0.4) is 0 Å². The van der Waals surface area contributed by atoms with E-state index in [1.807, 2.05) is 0 Å². The molecular weight excluding hydrogens is 248 g/mol. The highest BCUT2D eigenvalue weighted by Crippen LogP contribution is 2.19. The Kier molecular flexibility index (Phi) is 4.52. The van der Waals surface area contributed by atoms with Gasteiger partial charge in [-0.05, 0) is 12.3 Å². The third-order valence-electron chi connectivity index (χ3n) is 2.67. The van der Waals surface area contributed by atoms with E-state index in [-0.39, 0.29) is 6.04 Å². The maximum atomic E-state index is 11.8. The van der Waals surface area contributed by atoms with E-state index in [9.17, 15) is 9.59 Å². The highest BCUT2D eigenvalue weighted by Gasteiger charge is 2.32. The monoisotopic (exact) mass is 268 g/mol. The second kappa shape index (κ2) is 5.73. The van der Waals surface area contributed by atoms with Crippen LogP contribution in [0.1, 0.15) is 39.6 Å². The number of aliphatic carboxylic acids is 1. The Morgan fingerprint density at radius 1 is 1.37 bits per heavy atom. The first-order valence-electron chi connectivity index (χ1n) is 6.01. The SMILES string of the molecule is CC(NC(=O)N[C@H](C(=O)O)C(C)(C)C)c1ncc[nH]1. The quantitative estimate of drug-likeness (QED) is 0.659. The molecule has 0 aliphatic carbocycles. The minimum atomic E-state index is -1.06. The molecule has 7 nitrogen and oxygen atoms in total. The summed E-state index contributed by atoms with van der Waals surface area (Å²) in [6, 6.07) is -1.83. The van der Waals surface area contributed by atoms with Crippen molar-refractivity contribution in [3.05, 3.63) is 18.2 Å². The van der Waals surface area contributed by atoms with Gasteiger partial charge in [0, 0.05) is 12.4 Å². The average molecular weight is 268 g/mol. The number of hydrogen-bond acceptors (Lipinski definition) is 3. The molecule has 106 valence electrons. The van der Waals surface area contributed by atoms with Crippen LogP contribution >= 0.6 is 0 Å². The number of amides is 2. The van der Waals surface area contributed by atoms with Gasteiger partial charge in [-0.1, -0.05) is 20.8 Å². The van der Waals surface area contributed by atoms with Crippen molar-refractivity contribution in [2.45, 2.75) is 39.8 Å². The van der Waals surface area contributed by atoms with E-state index >= 15 is 0 Å². The van der Waals surface area contributed by atoms with Crippen LogP contribution in [0.2, 0.25) is 0 Å². The molecule has 4 N–H and O–H groups in total. The summed E-state index contributed by atoms with van der Waals surface area (Å²) < 4.78 is 0. The number of carbonyl (C=O) groups is 2. The van der Waals surface area contributed by atoms with Crippen molar-refractivity contribution in [1.82, 2.24) is 20.6 Å². The lowest BCUT2D eigenvalue weighted by Crippen LogP contribution is -2.52. The summed E-state index contributed by atoms with van der Waals surface area (Å²) in [4.78, 5) is 29.8. The van der Waals surface area contributed by atoms with Crippen molar-refractivity contribution in [2.75, 3.05) is 0 Å². The smallest absolute Gasteiger partial charge is 0.326 e. The van der Waals surface area contributed by atoms with Crippen LogP contribution in [0.25, 0.3) is 0 Å². The third kappa shape index (κ3) is 4.27. The molecule has 0 radical (unpaired) electrons. The zero-order valence-electron chi connectivity index (χ0n) is 11.5. The summed E-state index contributed by atoms with van der Waals surface area (Å²) >= 11 is 0. The first kappa shape index (κ1) is 15.0. The number of H-pyrrole nitrogens is 1. The van der Waals surface area contributed by atoms with Crippen LogP contribution in [-0.2, 0) is 4.79 Å². The van der Waals surface area contributed by atoms with Crippen molar-refractivity contribution in [3.63, 3.8) is 0 Å². The number of urea groups is 1. The van der Waals surface area contributed by atoms with E-state index < -0.39 is 23.5 Å². The number of imidazole rings is 1. The Hall–Kier alpha value is -2.05. The lowest BCUT2D eigenvalue weighted by atomic mass is 9.87. The van der Waals surface area contributed by atoms with Gasteiger partial charge in [-0.25, -0.2) is 14.6 Å². The molecule has 0 saturated heterocycles. The number of hydrogen-bond donors (Lipinski definition) is 4. The molecule has 0 aromatic carbocycles. The molecule has 1 aromatic heterocycles. The molecule has 19 heavy (non-hydrogen) atoms. The Morgan fingerprint density at radius 3 is 2.42 bits per heavy atom. The fourth-order valence-electron chi connectivity index (χ4n) is 1.60. The Morgan fingerprint density at radius 2 is 2.00 bits per heavy atom. The number of carbonyl (C=O) groups excluding carboxylic acids is 1. The van der Waals surface area contributed by atoms with Crippen LogP contribution in [0, 0.1) is 5.41 Å². The summed E-state index contributed by atoms with van der Waals surface area (Å²) in [7, 11) is 0. The van der Waals surface area contributed by atoms with E-state index in [0.29, 0.717) is 5.82 Å². The van der Waals surface area contributed by atoms with E-state index in [0.717, 1.165) is 0 Å². The summed E-state index contributed by atoms with van der Waals surface area (Å²) in [6.07, 6.45) is 3.24. The van der Waals surface area contributed by atoms with Gasteiger partial charge in [0.15, 0.2) is 0 Å². The Labute approximate surface area is 111 Å². The van der Waals surface area contributed by atoms with Gasteiger partial charge >= 0.3 is 12.0 Å². The predicted molar refractivity (Wildman–Crippen MR) is 69.5 cm³/mol. The number of carboxylic acids is 1. The lowest BCUT2D eigenvalue weighted by molar-refractivity contribution is -0.141. The maximum absolute atomic E-state index is 11.8. The second-order valence-electron chi connectivity index (χ2n) is 5.45. The molecule has 0 fully saturated rings. The largest absolute Gasteiger partial charge is 0.480 e. The van der Waals surface area contributed by atoms with E-state index in [2.05, 4.69) is 20.6 Å². The molecule has 7 heteroatoms. The summed E-state index contributed by atoms with van der Waals surface area (Å²) in [5.41, 5.74) is -0.572. The van der Waals surface area contributed by atoms with Gasteiger partial charge in [-0.3, -0.25) is 0 Å². The molecule has 0 spiro atoms. The van der Waals surface area contributed by atoms with Crippen molar-refractivity contribution in [3.8, 4) is 0 Å². The first-order valence-corrected chi connectivity index (χ1v) is 6.01. The summed E-state index contributed by atoms with van der Waals surface area (Å²) in [6.45, 7) is 7.01. The van der Waals surface area contributed by atoms with E-state index in [1.165, 1.54) is 0 Å². The topological polar surface area (TPSA) is 107 Å². The van der Waals surface area contributed by atoms with Gasteiger partial charge in [0.2, 0.25) is 0 Å². The maximum Gasteiger partial charge on any atom is 0.326 e. The zero-order valence-corrected chi connectivity index (χ0v) is 11.5. The number of nitrogens with zero attached hydrogens (tertiary/aromatic N) is 1. The fraction of sp³-hybridized carbons (Fsp3) is 0.583. The van der Waals surface area contributed by atoms with E-state index in [1.54, 1.807) is 40.1 Å². The van der Waals surface area contributed by atoms with Gasteiger partial charge in [0.1, 0.15) is 11.9 Å². The molecule has 0 bridgehead atoms. The van der Waals surface area contributed by atoms with Crippen LogP contribution < -0.4 is 10.6 Å². The van der Waals surface area contributed by atoms with Crippen molar-refractivity contribution in [2.24, 2.45) is 5.41 Å². The van der Waals surface area contributed by atoms with Gasteiger partial charge in [0.05, 0.1) is 6.04 Å². The Balaban J connectivity index is 2.61. The van der Waals surface area contributed by atoms with Crippen molar-refractivity contribution >= 4 is 12.0 Å². The molecule has 1 aromatic rings. The molecule has 1 unspecified atom stereocenters. The number of rotatable bonds is 4. The van der Waals surface area contributed by atoms with Crippen LogP contribution in [-0.4, -0.2) is 33.1 Å². The predicted octanol–water partition coefficient (Wildman–Crippen LogP) is 1.27. The molecule has 2 amide bonds. The van der Waals surface area contributed by atoms with Gasteiger partial charge < -0.3 is 20.7 Å². The highest BCUT2D eigenvalue weighted by atomic mass is 16.4. The molecule has 0 aliphatic rings. The average Bonchev–Trinajstić information content (AvgIpc) is 2.77. The van der Waals surface area contributed by atoms with Crippen molar-refractivity contribution < 1.29 is 14.7 Å². The number of aromatic nitrogens is 2. The van der Waals surface area contributed by atoms with Crippen LogP contribution in [0.15, 0.2) is 12.4 Å². The highest BCUT2D eigenvalue weighted by molar-refractivity contribution is 5.83. The molecule has 1 heterocycles. The number of aromatic amines is 1. The molecule has 0 aliphatic heterocycles. The van der Waals surface area contributed by atoms with Gasteiger partial charge in [-0.2, -0.15) is 0 Å². The number of carboxylic acid groups (broad SMARTS) is 1. The Bertz CT molecular complexity index is 436. The van der Waals surface area contributed by atoms with Gasteiger partial charge in [-0.15, -0.1) is 0 Å². The minimum absolute atomic E-state index is 0.329. The molecule has 2 atom stereocenters. The zero-order chi connectivity index (χ0) is 14.6. The van der Waals surface area contributed by atoms with Crippen LogP contribution in [0.5, 0.6) is 0 Å². The lowest BCUT2D eigenvalue weighted by Gasteiger charge is -2.28. The number of nitrogens with one attached hydrogen (secondary N) is 3. The first-order chi connectivity index (χ1) is 8.71. The summed E-state index contributed by atoms with van der Waals surface area (Å²) in [5.74, 6) is -0.453.